The van der Waals surface area contributed by atoms with Gasteiger partial charge in [-0.05, 0) is 48.0 Å². The fourth-order valence-electron chi connectivity index (χ4n) is 3.19. The summed E-state index contributed by atoms with van der Waals surface area (Å²) in [5, 5.41) is 5.30. The van der Waals surface area contributed by atoms with E-state index in [1.165, 1.54) is 18.2 Å². The lowest BCUT2D eigenvalue weighted by atomic mass is 10.1. The number of nitrogens with zero attached hydrogens (tertiary/aromatic N) is 1. The first-order chi connectivity index (χ1) is 14.9. The van der Waals surface area contributed by atoms with E-state index in [0.717, 1.165) is 12.1 Å². The lowest BCUT2D eigenvalue weighted by Crippen LogP contribution is -2.23. The highest BCUT2D eigenvalue weighted by Crippen LogP contribution is 2.32. The van der Waals surface area contributed by atoms with Crippen LogP contribution in [0.1, 0.15) is 0 Å². The number of nitrogens with two attached hydrogens (primary N) is 1. The van der Waals surface area contributed by atoms with Gasteiger partial charge in [-0.1, -0.05) is 24.3 Å². The lowest BCUT2D eigenvalue weighted by molar-refractivity contribution is -0.0436. The van der Waals surface area contributed by atoms with E-state index in [1.807, 2.05) is 0 Å². The summed E-state index contributed by atoms with van der Waals surface area (Å²) in [6, 6.07) is 15.4. The molecule has 0 aliphatic carbocycles. The van der Waals surface area contributed by atoms with E-state index in [9.17, 15) is 30.0 Å². The number of sulfonamides is 1. The summed E-state index contributed by atoms with van der Waals surface area (Å²) in [6.07, 6.45) is 0. The summed E-state index contributed by atoms with van der Waals surface area (Å²) in [7, 11) is -9.40. The molecule has 3 aromatic carbocycles. The molecule has 0 spiro atoms. The minimum Gasteiger partial charge on any atom is -0.338 e. The third kappa shape index (κ3) is 3.87. The summed E-state index contributed by atoms with van der Waals surface area (Å²) in [6.45, 7) is 0. The van der Waals surface area contributed by atoms with Gasteiger partial charge in [-0.25, -0.2) is 27.0 Å². The smallest absolute Gasteiger partial charge is 0.338 e. The lowest BCUT2D eigenvalue weighted by Gasteiger charge is -2.08. The number of rotatable bonds is 4. The number of halogens is 3. The first kappa shape index (κ1) is 22.0. The fraction of sp³-hybridized carbons (Fsp3) is 0.0500. The predicted octanol–water partition coefficient (Wildman–Crippen LogP) is 3.84. The second-order valence-electron chi connectivity index (χ2n) is 6.83. The van der Waals surface area contributed by atoms with E-state index in [4.69, 9.17) is 5.14 Å². The van der Waals surface area contributed by atoms with Crippen LogP contribution >= 0.6 is 0 Å². The van der Waals surface area contributed by atoms with Gasteiger partial charge in [0.1, 0.15) is 5.82 Å². The zero-order valence-corrected chi connectivity index (χ0v) is 17.6. The highest BCUT2D eigenvalue weighted by atomic mass is 32.2. The molecule has 4 rings (SSSR count). The average molecular weight is 481 g/mol. The number of primary sulfonamides is 1. The fourth-order valence-corrected chi connectivity index (χ4v) is 4.72. The molecule has 0 aliphatic rings. The second kappa shape index (κ2) is 7.43. The maximum atomic E-state index is 12.7. The molecule has 0 atom stereocenters. The van der Waals surface area contributed by atoms with Crippen molar-refractivity contribution in [3.63, 3.8) is 0 Å². The Morgan fingerprint density at radius 1 is 0.844 bits per heavy atom. The first-order valence-electron chi connectivity index (χ1n) is 8.92. The molecule has 0 amide bonds. The van der Waals surface area contributed by atoms with Crippen molar-refractivity contribution in [2.24, 2.45) is 5.14 Å². The predicted molar refractivity (Wildman–Crippen MR) is 112 cm³/mol. The molecule has 166 valence electrons. The molecule has 1 heterocycles. The van der Waals surface area contributed by atoms with E-state index in [-0.39, 0.29) is 4.90 Å². The number of sulfone groups is 1. The van der Waals surface area contributed by atoms with Crippen LogP contribution in [0.25, 0.3) is 33.5 Å². The van der Waals surface area contributed by atoms with Gasteiger partial charge in [-0.15, -0.1) is 0 Å². The Labute approximate surface area is 180 Å². The molecule has 4 aromatic rings. The first-order valence-corrected chi connectivity index (χ1v) is 11.9. The highest BCUT2D eigenvalue weighted by molar-refractivity contribution is 7.92. The molecule has 12 heteroatoms. The van der Waals surface area contributed by atoms with Crippen LogP contribution in [-0.2, 0) is 19.9 Å². The van der Waals surface area contributed by atoms with Crippen LogP contribution in [0, 0.1) is 0 Å². The molecule has 0 unspecified atom stereocenters. The zero-order chi connectivity index (χ0) is 23.3. The maximum Gasteiger partial charge on any atom is 0.501 e. The van der Waals surface area contributed by atoms with E-state index >= 15 is 0 Å². The summed E-state index contributed by atoms with van der Waals surface area (Å²) >= 11 is 0. The number of hydrogen-bond acceptors (Lipinski definition) is 5. The van der Waals surface area contributed by atoms with Crippen LogP contribution in [0.2, 0.25) is 0 Å². The Hall–Kier alpha value is -3.22. The molecule has 0 fully saturated rings. The van der Waals surface area contributed by atoms with E-state index in [1.54, 1.807) is 36.4 Å². The standard InChI is InChI=1S/C20H14F3N3O4S2/c21-20(22,23)31(27,28)14-8-5-12(6-9-14)19-25-16-10-7-13(11-17(16)26-19)15-3-1-2-4-18(15)32(24,29)30/h1-11H,(H,25,26)(H2,24,29,30). The van der Waals surface area contributed by atoms with Gasteiger partial charge in [0.05, 0.1) is 20.8 Å². The van der Waals surface area contributed by atoms with E-state index in [2.05, 4.69) is 9.97 Å². The summed E-state index contributed by atoms with van der Waals surface area (Å²) in [5.41, 5.74) is -3.01. The molecule has 0 saturated carbocycles. The van der Waals surface area contributed by atoms with E-state index < -0.39 is 30.3 Å². The molecular weight excluding hydrogens is 467 g/mol. The van der Waals surface area contributed by atoms with Crippen molar-refractivity contribution in [3.8, 4) is 22.5 Å². The van der Waals surface area contributed by atoms with Crippen molar-refractivity contribution < 1.29 is 30.0 Å². The topological polar surface area (TPSA) is 123 Å². The van der Waals surface area contributed by atoms with Crippen LogP contribution in [0.4, 0.5) is 13.2 Å². The van der Waals surface area contributed by atoms with Gasteiger partial charge in [0.2, 0.25) is 10.0 Å². The minimum absolute atomic E-state index is 0.0412. The number of alkyl halides is 3. The molecule has 0 bridgehead atoms. The number of imidazole rings is 1. The number of aromatic amines is 1. The maximum absolute atomic E-state index is 12.7. The molecule has 3 N–H and O–H groups in total. The summed E-state index contributed by atoms with van der Waals surface area (Å²) in [4.78, 5) is 6.45. The van der Waals surface area contributed by atoms with E-state index in [0.29, 0.717) is 33.5 Å². The molecule has 7 nitrogen and oxygen atoms in total. The normalized spacial score (nSPS) is 12.9. The number of hydrogen-bond donors (Lipinski definition) is 2. The van der Waals surface area contributed by atoms with Gasteiger partial charge >= 0.3 is 5.51 Å². The summed E-state index contributed by atoms with van der Waals surface area (Å²) < 4.78 is 84.9. The molecular formula is C20H14F3N3O4S2. The van der Waals surface area contributed by atoms with Crippen LogP contribution in [0.5, 0.6) is 0 Å². The number of nitrogens with one attached hydrogen (secondary N) is 1. The van der Waals surface area contributed by atoms with Gasteiger partial charge in [0.25, 0.3) is 9.84 Å². The number of H-pyrrole nitrogens is 1. The number of aromatic nitrogens is 2. The van der Waals surface area contributed by atoms with Crippen LogP contribution in [0.15, 0.2) is 76.5 Å². The van der Waals surface area contributed by atoms with Gasteiger partial charge in [0.15, 0.2) is 0 Å². The third-order valence-electron chi connectivity index (χ3n) is 4.73. The Balaban J connectivity index is 1.74. The Bertz CT molecular complexity index is 1540. The van der Waals surface area contributed by atoms with Gasteiger partial charge in [-0.3, -0.25) is 0 Å². The Morgan fingerprint density at radius 2 is 1.47 bits per heavy atom. The van der Waals surface area contributed by atoms with Crippen molar-refractivity contribution >= 4 is 30.9 Å². The van der Waals surface area contributed by atoms with Crippen molar-refractivity contribution in [2.45, 2.75) is 15.3 Å². The number of fused-ring (bicyclic) bond motifs is 1. The quantitative estimate of drug-likeness (QED) is 0.459. The zero-order valence-electron chi connectivity index (χ0n) is 16.0. The largest absolute Gasteiger partial charge is 0.501 e. The van der Waals surface area contributed by atoms with Gasteiger partial charge in [0, 0.05) is 11.1 Å². The molecule has 0 radical (unpaired) electrons. The van der Waals surface area contributed by atoms with Crippen molar-refractivity contribution in [2.75, 3.05) is 0 Å². The Kier molecular flexibility index (Phi) is 5.11. The van der Waals surface area contributed by atoms with Crippen molar-refractivity contribution in [1.82, 2.24) is 9.97 Å². The molecule has 0 aliphatic heterocycles. The SMILES string of the molecule is NS(=O)(=O)c1ccccc1-c1ccc2nc(-c3ccc(S(=O)(=O)C(F)(F)F)cc3)[nH]c2c1. The third-order valence-corrected chi connectivity index (χ3v) is 7.20. The Morgan fingerprint density at radius 3 is 2.09 bits per heavy atom. The minimum atomic E-state index is -5.44. The van der Waals surface area contributed by atoms with Gasteiger partial charge in [-0.2, -0.15) is 13.2 Å². The second-order valence-corrected chi connectivity index (χ2v) is 10.3. The van der Waals surface area contributed by atoms with Crippen molar-refractivity contribution in [3.05, 3.63) is 66.7 Å². The highest BCUT2D eigenvalue weighted by Gasteiger charge is 2.46. The number of benzene rings is 3. The van der Waals surface area contributed by atoms with Crippen LogP contribution in [-0.4, -0.2) is 32.3 Å². The molecule has 32 heavy (non-hydrogen) atoms. The molecule has 0 saturated heterocycles. The molecule has 1 aromatic heterocycles. The monoisotopic (exact) mass is 481 g/mol. The summed E-state index contributed by atoms with van der Waals surface area (Å²) in [5.74, 6) is 0.299. The average Bonchev–Trinajstić information content (AvgIpc) is 3.16. The van der Waals surface area contributed by atoms with Crippen LogP contribution in [0.3, 0.4) is 0 Å². The van der Waals surface area contributed by atoms with Gasteiger partial charge < -0.3 is 4.98 Å². The van der Waals surface area contributed by atoms with Crippen molar-refractivity contribution in [1.29, 1.82) is 0 Å². The van der Waals surface area contributed by atoms with Crippen LogP contribution < -0.4 is 5.14 Å².